The van der Waals surface area contributed by atoms with E-state index in [0.29, 0.717) is 45.0 Å². The molecule has 0 aliphatic rings. The molecule has 3 rings (SSSR count). The van der Waals surface area contributed by atoms with Gasteiger partial charge in [-0.25, -0.2) is 4.79 Å². The normalized spacial score (nSPS) is 10.7. The average molecular weight is 419 g/mol. The van der Waals surface area contributed by atoms with Crippen molar-refractivity contribution >= 4 is 29.2 Å². The highest BCUT2D eigenvalue weighted by Gasteiger charge is 2.13. The number of carbonyl (C=O) groups excluding carboxylic acids is 1. The van der Waals surface area contributed by atoms with Gasteiger partial charge in [-0.15, -0.1) is 0 Å². The standard InChI is InChI=1S/C22H20Cl2O4/c1-2-3-12-26-16-7-4-6-15(13-16)22(25)27-14-17-10-11-20(28-17)18-8-5-9-19(23)21(18)24/h4-11,13H,2-3,12,14H2,1H3. The first-order valence-electron chi connectivity index (χ1n) is 9.01. The van der Waals surface area contributed by atoms with Crippen molar-refractivity contribution in [2.75, 3.05) is 6.61 Å². The van der Waals surface area contributed by atoms with Crippen LogP contribution in [0.4, 0.5) is 0 Å². The topological polar surface area (TPSA) is 48.7 Å². The van der Waals surface area contributed by atoms with Crippen LogP contribution in [0.15, 0.2) is 59.0 Å². The molecule has 146 valence electrons. The van der Waals surface area contributed by atoms with Crippen molar-refractivity contribution in [2.24, 2.45) is 0 Å². The van der Waals surface area contributed by atoms with E-state index in [9.17, 15) is 4.79 Å². The summed E-state index contributed by atoms with van der Waals surface area (Å²) in [5.74, 6) is 1.28. The molecule has 0 aliphatic carbocycles. The fourth-order valence-corrected chi connectivity index (χ4v) is 2.96. The summed E-state index contributed by atoms with van der Waals surface area (Å²) in [6.45, 7) is 2.73. The molecule has 4 nitrogen and oxygen atoms in total. The molecule has 28 heavy (non-hydrogen) atoms. The number of rotatable bonds is 8. The van der Waals surface area contributed by atoms with Gasteiger partial charge < -0.3 is 13.9 Å². The number of ether oxygens (including phenoxy) is 2. The second-order valence-corrected chi connectivity index (χ2v) is 6.96. The summed E-state index contributed by atoms with van der Waals surface area (Å²) in [4.78, 5) is 12.3. The van der Waals surface area contributed by atoms with Gasteiger partial charge in [0.15, 0.2) is 0 Å². The Labute approximate surface area is 174 Å². The molecule has 1 aromatic heterocycles. The fraction of sp³-hybridized carbons (Fsp3) is 0.227. The highest BCUT2D eigenvalue weighted by Crippen LogP contribution is 2.34. The molecule has 6 heteroatoms. The van der Waals surface area contributed by atoms with Gasteiger partial charge in [-0.2, -0.15) is 0 Å². The lowest BCUT2D eigenvalue weighted by Gasteiger charge is -2.07. The number of unbranched alkanes of at least 4 members (excludes halogenated alkanes) is 1. The van der Waals surface area contributed by atoms with Crippen molar-refractivity contribution in [3.05, 3.63) is 76.0 Å². The molecule has 0 spiro atoms. The first-order valence-corrected chi connectivity index (χ1v) is 9.77. The number of hydrogen-bond acceptors (Lipinski definition) is 4. The van der Waals surface area contributed by atoms with E-state index in [4.69, 9.17) is 37.1 Å². The maximum atomic E-state index is 12.3. The molecule has 0 fully saturated rings. The molecule has 0 unspecified atom stereocenters. The van der Waals surface area contributed by atoms with E-state index >= 15 is 0 Å². The highest BCUT2D eigenvalue weighted by molar-refractivity contribution is 6.43. The van der Waals surface area contributed by atoms with Gasteiger partial charge in [-0.3, -0.25) is 0 Å². The highest BCUT2D eigenvalue weighted by atomic mass is 35.5. The molecule has 1 heterocycles. The molecule has 0 bridgehead atoms. The third-order valence-corrected chi connectivity index (χ3v) is 4.88. The van der Waals surface area contributed by atoms with Crippen LogP contribution in [0.1, 0.15) is 35.9 Å². The minimum atomic E-state index is -0.445. The first kappa shape index (κ1) is 20.3. The van der Waals surface area contributed by atoms with Gasteiger partial charge in [-0.1, -0.05) is 48.7 Å². The molecule has 0 atom stereocenters. The summed E-state index contributed by atoms with van der Waals surface area (Å²) in [6, 6.07) is 15.8. The summed E-state index contributed by atoms with van der Waals surface area (Å²) in [5.41, 5.74) is 1.11. The number of furan rings is 1. The maximum absolute atomic E-state index is 12.3. The zero-order valence-corrected chi connectivity index (χ0v) is 16.9. The van der Waals surface area contributed by atoms with Crippen LogP contribution in [0.5, 0.6) is 5.75 Å². The van der Waals surface area contributed by atoms with Crippen molar-refractivity contribution < 1.29 is 18.7 Å². The Morgan fingerprint density at radius 2 is 1.89 bits per heavy atom. The van der Waals surface area contributed by atoms with E-state index in [1.165, 1.54) is 0 Å². The van der Waals surface area contributed by atoms with Crippen molar-refractivity contribution in [1.82, 2.24) is 0 Å². The first-order chi connectivity index (χ1) is 13.6. The van der Waals surface area contributed by atoms with E-state index in [1.54, 1.807) is 42.5 Å². The van der Waals surface area contributed by atoms with Gasteiger partial charge in [0.1, 0.15) is 23.9 Å². The molecule has 0 saturated heterocycles. The van der Waals surface area contributed by atoms with E-state index in [1.807, 2.05) is 12.1 Å². The second-order valence-electron chi connectivity index (χ2n) is 6.17. The SMILES string of the molecule is CCCCOc1cccc(C(=O)OCc2ccc(-c3cccc(Cl)c3Cl)o2)c1. The molecular weight excluding hydrogens is 399 g/mol. The van der Waals surface area contributed by atoms with E-state index in [2.05, 4.69) is 6.92 Å². The Hall–Kier alpha value is -2.43. The summed E-state index contributed by atoms with van der Waals surface area (Å²) in [6.07, 6.45) is 2.01. The van der Waals surface area contributed by atoms with Crippen molar-refractivity contribution in [3.8, 4) is 17.1 Å². The van der Waals surface area contributed by atoms with Gasteiger partial charge in [0.05, 0.1) is 22.2 Å². The molecule has 2 aromatic carbocycles. The third kappa shape index (κ3) is 5.09. The van der Waals surface area contributed by atoms with Gasteiger partial charge in [0, 0.05) is 5.56 Å². The quantitative estimate of drug-likeness (QED) is 0.298. The lowest BCUT2D eigenvalue weighted by atomic mass is 10.2. The number of halogens is 2. The summed E-state index contributed by atoms with van der Waals surface area (Å²) < 4.78 is 16.7. The zero-order chi connectivity index (χ0) is 19.9. The summed E-state index contributed by atoms with van der Waals surface area (Å²) in [5, 5.41) is 0.867. The lowest BCUT2D eigenvalue weighted by Crippen LogP contribution is -2.05. The van der Waals surface area contributed by atoms with Crippen LogP contribution in [0.3, 0.4) is 0 Å². The van der Waals surface area contributed by atoms with E-state index in [0.717, 1.165) is 12.8 Å². The fourth-order valence-electron chi connectivity index (χ4n) is 2.56. The number of esters is 1. The summed E-state index contributed by atoms with van der Waals surface area (Å²) in [7, 11) is 0. The van der Waals surface area contributed by atoms with E-state index in [-0.39, 0.29) is 6.61 Å². The van der Waals surface area contributed by atoms with Gasteiger partial charge >= 0.3 is 5.97 Å². The van der Waals surface area contributed by atoms with Gasteiger partial charge in [0.2, 0.25) is 0 Å². The zero-order valence-electron chi connectivity index (χ0n) is 15.4. The molecule has 0 saturated carbocycles. The predicted octanol–water partition coefficient (Wildman–Crippen LogP) is 6.79. The van der Waals surface area contributed by atoms with Crippen molar-refractivity contribution in [1.29, 1.82) is 0 Å². The minimum Gasteiger partial charge on any atom is -0.494 e. The number of hydrogen-bond donors (Lipinski definition) is 0. The monoisotopic (exact) mass is 418 g/mol. The Balaban J connectivity index is 1.62. The lowest BCUT2D eigenvalue weighted by molar-refractivity contribution is 0.0446. The van der Waals surface area contributed by atoms with Crippen LogP contribution in [0.2, 0.25) is 10.0 Å². The molecule has 0 aliphatic heterocycles. The van der Waals surface area contributed by atoms with Crippen LogP contribution >= 0.6 is 23.2 Å². The molecule has 0 N–H and O–H groups in total. The maximum Gasteiger partial charge on any atom is 0.338 e. The minimum absolute atomic E-state index is 0.0118. The number of carbonyl (C=O) groups is 1. The molecule has 3 aromatic rings. The Kier molecular flexibility index (Phi) is 7.01. The number of benzene rings is 2. The van der Waals surface area contributed by atoms with Crippen LogP contribution < -0.4 is 4.74 Å². The molecular formula is C22H20Cl2O4. The van der Waals surface area contributed by atoms with Crippen LogP contribution in [0.25, 0.3) is 11.3 Å². The summed E-state index contributed by atoms with van der Waals surface area (Å²) >= 11 is 12.3. The van der Waals surface area contributed by atoms with Crippen LogP contribution in [-0.4, -0.2) is 12.6 Å². The smallest absolute Gasteiger partial charge is 0.338 e. The second kappa shape index (κ2) is 9.67. The van der Waals surface area contributed by atoms with Crippen molar-refractivity contribution in [2.45, 2.75) is 26.4 Å². The van der Waals surface area contributed by atoms with Crippen LogP contribution in [-0.2, 0) is 11.3 Å². The predicted molar refractivity (Wildman–Crippen MR) is 110 cm³/mol. The largest absolute Gasteiger partial charge is 0.494 e. The van der Waals surface area contributed by atoms with E-state index < -0.39 is 5.97 Å². The van der Waals surface area contributed by atoms with Crippen molar-refractivity contribution in [3.63, 3.8) is 0 Å². The van der Waals surface area contributed by atoms with Gasteiger partial charge in [0.25, 0.3) is 0 Å². The average Bonchev–Trinajstić information content (AvgIpc) is 3.17. The van der Waals surface area contributed by atoms with Gasteiger partial charge in [-0.05, 0) is 48.9 Å². The Morgan fingerprint density at radius 3 is 2.71 bits per heavy atom. The molecule has 0 amide bonds. The Bertz CT molecular complexity index is 949. The Morgan fingerprint density at radius 1 is 1.07 bits per heavy atom. The van der Waals surface area contributed by atoms with Crippen LogP contribution in [0, 0.1) is 0 Å². The third-order valence-electron chi connectivity index (χ3n) is 4.06. The molecule has 0 radical (unpaired) electrons.